The van der Waals surface area contributed by atoms with Gasteiger partial charge in [-0.3, -0.25) is 9.69 Å². The summed E-state index contributed by atoms with van der Waals surface area (Å²) < 4.78 is 62.7. The van der Waals surface area contributed by atoms with Gasteiger partial charge in [0.2, 0.25) is 0 Å². The minimum atomic E-state index is -4.43. The summed E-state index contributed by atoms with van der Waals surface area (Å²) in [5.74, 6) is -1.89. The third-order valence-corrected chi connectivity index (χ3v) is 8.93. The van der Waals surface area contributed by atoms with E-state index in [2.05, 4.69) is 0 Å². The van der Waals surface area contributed by atoms with Crippen molar-refractivity contribution in [3.05, 3.63) is 53.3 Å². The Bertz CT molecular complexity index is 1600. The molecule has 0 bridgehead atoms. The molecule has 2 aromatic rings. The molecule has 2 atom stereocenters. The molecule has 0 saturated carbocycles. The van der Waals surface area contributed by atoms with Gasteiger partial charge in [0, 0.05) is 31.1 Å². The Morgan fingerprint density at radius 1 is 1.09 bits per heavy atom. The van der Waals surface area contributed by atoms with Crippen LogP contribution in [-0.2, 0) is 37.5 Å². The molecule has 2 aromatic carbocycles. The summed E-state index contributed by atoms with van der Waals surface area (Å²) in [4.78, 5) is 42.2. The van der Waals surface area contributed by atoms with E-state index in [1.54, 1.807) is 65.8 Å². The molecule has 3 amide bonds. The first-order valence-corrected chi connectivity index (χ1v) is 17.1. The van der Waals surface area contributed by atoms with E-state index in [0.29, 0.717) is 10.8 Å². The largest absolute Gasteiger partial charge is 0.487 e. The number of amides is 3. The van der Waals surface area contributed by atoms with Gasteiger partial charge in [-0.1, -0.05) is 50.6 Å². The van der Waals surface area contributed by atoms with Gasteiger partial charge in [-0.25, -0.2) is 23.0 Å². The van der Waals surface area contributed by atoms with E-state index >= 15 is 4.39 Å². The van der Waals surface area contributed by atoms with Crippen LogP contribution in [0.25, 0.3) is 0 Å². The molecule has 1 saturated heterocycles. The molecule has 2 aliphatic heterocycles. The maximum absolute atomic E-state index is 16.8. The Labute approximate surface area is 276 Å². The first-order valence-electron chi connectivity index (χ1n) is 15.6. The first kappa shape index (κ1) is 35.8. The molecule has 2 heterocycles. The topological polar surface area (TPSA) is 135 Å². The fourth-order valence-corrected chi connectivity index (χ4v) is 6.47. The molecule has 47 heavy (non-hydrogen) atoms. The van der Waals surface area contributed by atoms with Crippen molar-refractivity contribution >= 4 is 39.7 Å². The van der Waals surface area contributed by atoms with Crippen LogP contribution in [0.3, 0.4) is 0 Å². The monoisotopic (exact) mass is 676 g/mol. The molecule has 1 N–H and O–H groups in total. The van der Waals surface area contributed by atoms with Gasteiger partial charge in [-0.2, -0.15) is 8.42 Å². The minimum absolute atomic E-state index is 0.0187. The van der Waals surface area contributed by atoms with Gasteiger partial charge in [0.15, 0.2) is 5.82 Å². The van der Waals surface area contributed by atoms with Crippen LogP contribution < -0.4 is 18.7 Å². The van der Waals surface area contributed by atoms with Crippen LogP contribution in [0.5, 0.6) is 5.75 Å². The summed E-state index contributed by atoms with van der Waals surface area (Å²) in [5, 5.41) is 0. The smallest absolute Gasteiger partial charge is 0.415 e. The van der Waals surface area contributed by atoms with Crippen molar-refractivity contribution in [2.24, 2.45) is 5.92 Å². The normalized spacial score (nSPS) is 18.0. The van der Waals surface area contributed by atoms with Gasteiger partial charge in [0.1, 0.15) is 35.8 Å². The Kier molecular flexibility index (Phi) is 10.3. The van der Waals surface area contributed by atoms with Crippen LogP contribution in [-0.4, -0.2) is 68.3 Å². The number of ether oxygens (including phenoxy) is 3. The molecule has 12 nitrogen and oxygen atoms in total. The summed E-state index contributed by atoms with van der Waals surface area (Å²) in [6, 6.07) is 9.56. The number of carbonyl (C=O) groups excluding carboxylic acids is 3. The van der Waals surface area contributed by atoms with Crippen molar-refractivity contribution in [1.29, 1.82) is 0 Å². The first-order chi connectivity index (χ1) is 21.8. The molecular weight excluding hydrogens is 631 g/mol. The highest BCUT2D eigenvalue weighted by Crippen LogP contribution is 2.46. The fourth-order valence-electron chi connectivity index (χ4n) is 5.31. The zero-order valence-corrected chi connectivity index (χ0v) is 29.1. The lowest BCUT2D eigenvalue weighted by molar-refractivity contribution is -0.117. The third-order valence-electron chi connectivity index (χ3n) is 7.56. The Morgan fingerprint density at radius 3 is 2.28 bits per heavy atom. The van der Waals surface area contributed by atoms with Gasteiger partial charge in [0.25, 0.3) is 5.91 Å². The summed E-state index contributed by atoms with van der Waals surface area (Å²) in [5.41, 5.74) is -1.30. The average Bonchev–Trinajstić information content (AvgIpc) is 3.44. The highest BCUT2D eigenvalue weighted by molar-refractivity contribution is 7.92. The van der Waals surface area contributed by atoms with E-state index in [9.17, 15) is 22.8 Å². The van der Waals surface area contributed by atoms with Crippen LogP contribution >= 0.6 is 0 Å². The van der Waals surface area contributed by atoms with Gasteiger partial charge < -0.3 is 19.1 Å². The highest BCUT2D eigenvalue weighted by atomic mass is 32.2. The number of anilines is 2. The molecule has 1 unspecified atom stereocenters. The maximum atomic E-state index is 16.8. The number of nitrogens with zero attached hydrogens (tertiary/aromatic N) is 3. The standard InChI is InChI=1S/C33H45FN4O8S/c1-9-21(2)17-36(30(40)45-32(3,4)5)18-23-15-24-25(38(23)31(41)46-33(6,7)8)16-26(44-20-22-13-11-10-12-14-22)29(28(24)34)37-19-27(39)35-47(37,42)43/h10-14,16,21,23H,9,15,17-20H2,1-8H3,(H,35,39)/t21?,23-/m1/s1. The lowest BCUT2D eigenvalue weighted by atomic mass is 10.1. The molecule has 2 aliphatic rings. The average molecular weight is 677 g/mol. The highest BCUT2D eigenvalue weighted by Gasteiger charge is 2.45. The van der Waals surface area contributed by atoms with Crippen LogP contribution in [0.15, 0.2) is 36.4 Å². The van der Waals surface area contributed by atoms with Gasteiger partial charge in [-0.05, 0) is 53.0 Å². The molecule has 1 fully saturated rings. The van der Waals surface area contributed by atoms with Gasteiger partial charge in [-0.15, -0.1) is 0 Å². The second kappa shape index (κ2) is 13.6. The van der Waals surface area contributed by atoms with Crippen molar-refractivity contribution in [2.75, 3.05) is 28.8 Å². The Balaban J connectivity index is 1.84. The number of carbonyl (C=O) groups is 3. The molecule has 14 heteroatoms. The predicted molar refractivity (Wildman–Crippen MR) is 175 cm³/mol. The minimum Gasteiger partial charge on any atom is -0.487 e. The molecule has 4 rings (SSSR count). The molecule has 0 spiro atoms. The number of hydrogen-bond donors (Lipinski definition) is 1. The second-order valence-corrected chi connectivity index (χ2v) is 15.5. The summed E-state index contributed by atoms with van der Waals surface area (Å²) in [6.45, 7) is 13.9. The maximum Gasteiger partial charge on any atom is 0.415 e. The molecular formula is C33H45FN4O8S. The van der Waals surface area contributed by atoms with Crippen LogP contribution in [0.2, 0.25) is 0 Å². The van der Waals surface area contributed by atoms with E-state index < -0.39 is 63.6 Å². The van der Waals surface area contributed by atoms with Crippen molar-refractivity contribution in [3.8, 4) is 5.75 Å². The zero-order valence-electron chi connectivity index (χ0n) is 28.3. The fraction of sp³-hybridized carbons (Fsp3) is 0.545. The van der Waals surface area contributed by atoms with E-state index in [-0.39, 0.29) is 42.5 Å². The third kappa shape index (κ3) is 8.65. The number of hydrogen-bond acceptors (Lipinski definition) is 8. The lowest BCUT2D eigenvalue weighted by Crippen LogP contribution is -2.50. The molecule has 0 radical (unpaired) electrons. The summed E-state index contributed by atoms with van der Waals surface area (Å²) >= 11 is 0. The number of halogens is 1. The van der Waals surface area contributed by atoms with E-state index in [1.807, 2.05) is 24.6 Å². The van der Waals surface area contributed by atoms with Crippen molar-refractivity contribution in [1.82, 2.24) is 9.62 Å². The predicted octanol–water partition coefficient (Wildman–Crippen LogP) is 5.54. The summed E-state index contributed by atoms with van der Waals surface area (Å²) in [7, 11) is -4.43. The number of benzene rings is 2. The quantitative estimate of drug-likeness (QED) is 0.366. The molecule has 0 aromatic heterocycles. The van der Waals surface area contributed by atoms with Crippen molar-refractivity contribution in [3.63, 3.8) is 0 Å². The number of fused-ring (bicyclic) bond motifs is 1. The molecule has 258 valence electrons. The number of rotatable bonds is 9. The van der Waals surface area contributed by atoms with Crippen LogP contribution in [0, 0.1) is 11.7 Å². The summed E-state index contributed by atoms with van der Waals surface area (Å²) in [6.07, 6.45) is -0.669. The van der Waals surface area contributed by atoms with E-state index in [1.165, 1.54) is 15.9 Å². The molecule has 0 aliphatic carbocycles. The van der Waals surface area contributed by atoms with E-state index in [0.717, 1.165) is 12.0 Å². The SMILES string of the molecule is CCC(C)CN(C[C@H]1Cc2c(cc(OCc3ccccc3)c(N3CC(=O)NS3(=O)=O)c2F)N1C(=O)OC(C)(C)C)C(=O)OC(C)(C)C. The van der Waals surface area contributed by atoms with Gasteiger partial charge >= 0.3 is 22.4 Å². The van der Waals surface area contributed by atoms with Crippen LogP contribution in [0.4, 0.5) is 25.4 Å². The zero-order chi connectivity index (χ0) is 34.9. The van der Waals surface area contributed by atoms with E-state index in [4.69, 9.17) is 14.2 Å². The van der Waals surface area contributed by atoms with Gasteiger partial charge in [0.05, 0.1) is 11.7 Å². The Hall–Kier alpha value is -4.07. The lowest BCUT2D eigenvalue weighted by Gasteiger charge is -2.34. The van der Waals surface area contributed by atoms with Crippen molar-refractivity contribution in [2.45, 2.75) is 92.1 Å². The van der Waals surface area contributed by atoms with Crippen LogP contribution in [0.1, 0.15) is 72.9 Å². The Morgan fingerprint density at radius 2 is 1.72 bits per heavy atom. The number of nitrogens with one attached hydrogen (secondary N) is 1. The second-order valence-electron chi connectivity index (χ2n) is 14.0. The van der Waals surface area contributed by atoms with Crippen molar-refractivity contribution < 1.29 is 41.4 Å².